The summed E-state index contributed by atoms with van der Waals surface area (Å²) in [5.74, 6) is 0.210. The Labute approximate surface area is 115 Å². The summed E-state index contributed by atoms with van der Waals surface area (Å²) in [7, 11) is -0.553. The number of sulfone groups is 1. The minimum atomic E-state index is -3.55. The summed E-state index contributed by atoms with van der Waals surface area (Å²) in [6.07, 6.45) is 1.21. The normalized spacial score (nSPS) is 11.5. The van der Waals surface area contributed by atoms with Gasteiger partial charge in [-0.3, -0.25) is 0 Å². The first kappa shape index (κ1) is 13.8. The Kier molecular flexibility index (Phi) is 3.77. The molecule has 6 nitrogen and oxygen atoms in total. The molecule has 1 aromatic carbocycles. The van der Waals surface area contributed by atoms with Crippen LogP contribution in [-0.4, -0.2) is 30.5 Å². The Morgan fingerprint density at radius 1 is 1.42 bits per heavy atom. The van der Waals surface area contributed by atoms with Crippen LogP contribution in [-0.2, 0) is 22.6 Å². The van der Waals surface area contributed by atoms with E-state index in [1.165, 1.54) is 25.0 Å². The fourth-order valence-corrected chi connectivity index (χ4v) is 3.46. The van der Waals surface area contributed by atoms with E-state index in [1.54, 1.807) is 18.2 Å². The highest BCUT2D eigenvalue weighted by Crippen LogP contribution is 2.30. The second-order valence-corrected chi connectivity index (χ2v) is 6.20. The average molecular weight is 302 g/mol. The van der Waals surface area contributed by atoms with Crippen molar-refractivity contribution >= 4 is 21.4 Å². The first-order valence-corrected chi connectivity index (χ1v) is 7.37. The van der Waals surface area contributed by atoms with Gasteiger partial charge in [-0.25, -0.2) is 13.1 Å². The summed E-state index contributed by atoms with van der Waals surface area (Å²) >= 11 is 6.09. The Balaban J connectivity index is 2.39. The van der Waals surface area contributed by atoms with Crippen LogP contribution in [0.1, 0.15) is 5.56 Å². The first-order chi connectivity index (χ1) is 8.95. The van der Waals surface area contributed by atoms with Gasteiger partial charge in [-0.1, -0.05) is 28.9 Å². The molecular formula is C11H12ClN3O3S. The van der Waals surface area contributed by atoms with Crippen molar-refractivity contribution in [2.24, 2.45) is 7.05 Å². The number of aromatic nitrogens is 3. The summed E-state index contributed by atoms with van der Waals surface area (Å²) in [6.45, 7) is 0. The van der Waals surface area contributed by atoms with Crippen molar-refractivity contribution in [3.8, 4) is 5.75 Å². The molecule has 8 heteroatoms. The smallest absolute Gasteiger partial charge is 0.201 e. The van der Waals surface area contributed by atoms with Crippen molar-refractivity contribution in [2.75, 3.05) is 7.11 Å². The molecule has 0 aliphatic heterocycles. The number of rotatable bonds is 4. The van der Waals surface area contributed by atoms with Crippen molar-refractivity contribution < 1.29 is 13.2 Å². The van der Waals surface area contributed by atoms with Crippen molar-refractivity contribution in [2.45, 2.75) is 10.8 Å². The highest BCUT2D eigenvalue weighted by atomic mass is 35.5. The molecule has 0 atom stereocenters. The maximum atomic E-state index is 12.2. The quantitative estimate of drug-likeness (QED) is 0.854. The zero-order valence-corrected chi connectivity index (χ0v) is 11.9. The molecule has 1 heterocycles. The van der Waals surface area contributed by atoms with E-state index >= 15 is 0 Å². The van der Waals surface area contributed by atoms with E-state index < -0.39 is 9.84 Å². The number of aryl methyl sites for hydroxylation is 1. The molecule has 102 valence electrons. The zero-order chi connectivity index (χ0) is 14.0. The lowest BCUT2D eigenvalue weighted by atomic mass is 10.2. The minimum Gasteiger partial charge on any atom is -0.495 e. The van der Waals surface area contributed by atoms with Gasteiger partial charge in [0.25, 0.3) is 0 Å². The zero-order valence-electron chi connectivity index (χ0n) is 10.4. The van der Waals surface area contributed by atoms with Crippen molar-refractivity contribution in [1.29, 1.82) is 0 Å². The molecule has 19 heavy (non-hydrogen) atoms. The average Bonchev–Trinajstić information content (AvgIpc) is 2.79. The summed E-state index contributed by atoms with van der Waals surface area (Å²) in [6, 6.07) is 5.01. The largest absolute Gasteiger partial charge is 0.495 e. The number of methoxy groups -OCH3 is 1. The van der Waals surface area contributed by atoms with Crippen LogP contribution in [0.2, 0.25) is 5.02 Å². The second-order valence-electron chi connectivity index (χ2n) is 3.89. The molecule has 0 radical (unpaired) electrons. The van der Waals surface area contributed by atoms with Gasteiger partial charge in [-0.2, -0.15) is 0 Å². The van der Waals surface area contributed by atoms with E-state index in [2.05, 4.69) is 10.3 Å². The lowest BCUT2D eigenvalue weighted by Crippen LogP contribution is -2.10. The third-order valence-corrected chi connectivity index (χ3v) is 4.73. The molecule has 0 aliphatic carbocycles. The van der Waals surface area contributed by atoms with E-state index in [1.807, 2.05) is 0 Å². The van der Waals surface area contributed by atoms with Crippen LogP contribution < -0.4 is 4.74 Å². The Hall–Kier alpha value is -1.60. The van der Waals surface area contributed by atoms with Crippen LogP contribution in [0.4, 0.5) is 0 Å². The predicted octanol–water partition coefficient (Wildman–Crippen LogP) is 1.45. The Morgan fingerprint density at radius 2 is 2.16 bits per heavy atom. The molecule has 1 aromatic heterocycles. The molecule has 0 aliphatic rings. The lowest BCUT2D eigenvalue weighted by molar-refractivity contribution is 0.414. The number of ether oxygens (including phenoxy) is 1. The van der Waals surface area contributed by atoms with Gasteiger partial charge in [0, 0.05) is 7.05 Å². The van der Waals surface area contributed by atoms with E-state index in [0.29, 0.717) is 16.3 Å². The summed E-state index contributed by atoms with van der Waals surface area (Å²) in [5.41, 5.74) is 0.474. The maximum absolute atomic E-state index is 12.2. The van der Waals surface area contributed by atoms with E-state index in [-0.39, 0.29) is 10.8 Å². The van der Waals surface area contributed by atoms with Crippen molar-refractivity contribution in [1.82, 2.24) is 15.0 Å². The van der Waals surface area contributed by atoms with Crippen LogP contribution in [0.15, 0.2) is 29.4 Å². The van der Waals surface area contributed by atoms with Gasteiger partial charge in [-0.05, 0) is 11.6 Å². The summed E-state index contributed by atoms with van der Waals surface area (Å²) in [5, 5.41) is 7.52. The van der Waals surface area contributed by atoms with Gasteiger partial charge in [-0.15, -0.1) is 5.10 Å². The van der Waals surface area contributed by atoms with Gasteiger partial charge in [0.2, 0.25) is 9.84 Å². The fraction of sp³-hybridized carbons (Fsp3) is 0.273. The van der Waals surface area contributed by atoms with Crippen molar-refractivity contribution in [3.63, 3.8) is 0 Å². The molecule has 2 aromatic rings. The van der Waals surface area contributed by atoms with Crippen LogP contribution in [0, 0.1) is 0 Å². The number of hydrogen-bond donors (Lipinski definition) is 0. The molecule has 0 spiro atoms. The van der Waals surface area contributed by atoms with E-state index in [0.717, 1.165) is 0 Å². The maximum Gasteiger partial charge on any atom is 0.201 e. The molecule has 0 N–H and O–H groups in total. The minimum absolute atomic E-state index is 0.0476. The van der Waals surface area contributed by atoms with Crippen LogP contribution >= 0.6 is 11.6 Å². The molecule has 0 saturated carbocycles. The van der Waals surface area contributed by atoms with Gasteiger partial charge >= 0.3 is 0 Å². The Morgan fingerprint density at radius 3 is 2.74 bits per heavy atom. The van der Waals surface area contributed by atoms with Gasteiger partial charge in [0.05, 0.1) is 24.1 Å². The second kappa shape index (κ2) is 5.18. The van der Waals surface area contributed by atoms with Crippen LogP contribution in [0.5, 0.6) is 5.75 Å². The summed E-state index contributed by atoms with van der Waals surface area (Å²) in [4.78, 5) is 0. The third-order valence-electron chi connectivity index (χ3n) is 2.60. The topological polar surface area (TPSA) is 74.1 Å². The van der Waals surface area contributed by atoms with Gasteiger partial charge in [0.15, 0.2) is 5.03 Å². The molecule has 0 bridgehead atoms. The number of hydrogen-bond acceptors (Lipinski definition) is 5. The predicted molar refractivity (Wildman–Crippen MR) is 69.9 cm³/mol. The standard InChI is InChI=1S/C11H12ClN3O3S/c1-15-10(6-13-14-15)19(16,17)7-8-4-3-5-9(18-2)11(8)12/h3-6H,7H2,1-2H3. The molecule has 2 rings (SSSR count). The van der Waals surface area contributed by atoms with Crippen molar-refractivity contribution in [3.05, 3.63) is 35.0 Å². The highest BCUT2D eigenvalue weighted by molar-refractivity contribution is 7.90. The number of benzene rings is 1. The third kappa shape index (κ3) is 2.71. The summed E-state index contributed by atoms with van der Waals surface area (Å²) < 4.78 is 30.7. The van der Waals surface area contributed by atoms with Crippen LogP contribution in [0.3, 0.4) is 0 Å². The lowest BCUT2D eigenvalue weighted by Gasteiger charge is -2.09. The van der Waals surface area contributed by atoms with E-state index in [4.69, 9.17) is 16.3 Å². The number of halogens is 1. The molecular weight excluding hydrogens is 290 g/mol. The number of nitrogens with zero attached hydrogens (tertiary/aromatic N) is 3. The monoisotopic (exact) mass is 301 g/mol. The van der Waals surface area contributed by atoms with Gasteiger partial charge in [0.1, 0.15) is 5.75 Å². The first-order valence-electron chi connectivity index (χ1n) is 5.34. The molecule has 0 amide bonds. The SMILES string of the molecule is COc1cccc(CS(=O)(=O)c2cnnn2C)c1Cl. The van der Waals surface area contributed by atoms with E-state index in [9.17, 15) is 8.42 Å². The van der Waals surface area contributed by atoms with Gasteiger partial charge < -0.3 is 4.74 Å². The Bertz CT molecular complexity index is 697. The molecule has 0 unspecified atom stereocenters. The van der Waals surface area contributed by atoms with Crippen LogP contribution in [0.25, 0.3) is 0 Å². The highest BCUT2D eigenvalue weighted by Gasteiger charge is 2.22. The fourth-order valence-electron chi connectivity index (χ4n) is 1.67. The molecule has 0 fully saturated rings. The molecule has 0 saturated heterocycles.